The van der Waals surface area contributed by atoms with Gasteiger partial charge in [-0.3, -0.25) is 0 Å². The van der Waals surface area contributed by atoms with Crippen molar-refractivity contribution >= 4 is 0 Å². The molecule has 0 aromatic heterocycles. The smallest absolute Gasteiger partial charge is 0.160 e. The Bertz CT molecular complexity index is 603. The highest BCUT2D eigenvalue weighted by Crippen LogP contribution is 2.30. The molecule has 0 saturated carbocycles. The summed E-state index contributed by atoms with van der Waals surface area (Å²) in [7, 11) is 3.28. The Kier molecular flexibility index (Phi) is 4.53. The number of hydrogen-bond donors (Lipinski definition) is 1. The van der Waals surface area contributed by atoms with Gasteiger partial charge >= 0.3 is 0 Å². The molecule has 0 fully saturated rings. The summed E-state index contributed by atoms with van der Waals surface area (Å²) in [6, 6.07) is 14.3. The second-order valence-corrected chi connectivity index (χ2v) is 5.65. The molecule has 112 valence electrons. The Morgan fingerprint density at radius 3 is 2.14 bits per heavy atom. The van der Waals surface area contributed by atoms with Crippen molar-refractivity contribution in [3.05, 3.63) is 59.2 Å². The third kappa shape index (κ3) is 3.56. The lowest BCUT2D eigenvalue weighted by Crippen LogP contribution is -2.35. The molecule has 0 heterocycles. The van der Waals surface area contributed by atoms with Gasteiger partial charge in [-0.1, -0.05) is 35.9 Å². The van der Waals surface area contributed by atoms with E-state index in [4.69, 9.17) is 15.2 Å². The fraction of sp³-hybridized carbons (Fsp3) is 0.333. The van der Waals surface area contributed by atoms with Gasteiger partial charge in [0.25, 0.3) is 0 Å². The van der Waals surface area contributed by atoms with Gasteiger partial charge in [0.05, 0.1) is 14.2 Å². The molecular formula is C18H23NO2. The fourth-order valence-corrected chi connectivity index (χ4v) is 2.45. The maximum absolute atomic E-state index is 6.51. The largest absolute Gasteiger partial charge is 0.493 e. The minimum Gasteiger partial charge on any atom is -0.493 e. The Labute approximate surface area is 126 Å². The van der Waals surface area contributed by atoms with E-state index in [0.29, 0.717) is 0 Å². The van der Waals surface area contributed by atoms with Crippen molar-refractivity contribution in [3.63, 3.8) is 0 Å². The summed E-state index contributed by atoms with van der Waals surface area (Å²) in [4.78, 5) is 0. The maximum Gasteiger partial charge on any atom is 0.160 e. The first kappa shape index (κ1) is 15.4. The van der Waals surface area contributed by atoms with E-state index in [1.165, 1.54) is 5.56 Å². The SMILES string of the molecule is COc1ccc(CC(C)(N)c2ccc(C)cc2)cc1OC. The summed E-state index contributed by atoms with van der Waals surface area (Å²) in [6.07, 6.45) is 0.733. The topological polar surface area (TPSA) is 44.5 Å². The highest BCUT2D eigenvalue weighted by atomic mass is 16.5. The molecule has 3 nitrogen and oxygen atoms in total. The molecule has 0 aliphatic heterocycles. The lowest BCUT2D eigenvalue weighted by molar-refractivity contribution is 0.354. The van der Waals surface area contributed by atoms with Crippen LogP contribution in [0.3, 0.4) is 0 Å². The van der Waals surface area contributed by atoms with E-state index in [9.17, 15) is 0 Å². The molecule has 0 aliphatic rings. The molecule has 2 N–H and O–H groups in total. The summed E-state index contributed by atoms with van der Waals surface area (Å²) >= 11 is 0. The standard InChI is InChI=1S/C18H23NO2/c1-13-5-8-15(9-6-13)18(2,19)12-14-7-10-16(20-3)17(11-14)21-4/h5-11H,12,19H2,1-4H3. The average Bonchev–Trinajstić information content (AvgIpc) is 2.47. The second kappa shape index (κ2) is 6.19. The Hall–Kier alpha value is -2.00. The predicted octanol–water partition coefficient (Wildman–Crippen LogP) is 3.43. The van der Waals surface area contributed by atoms with E-state index in [1.54, 1.807) is 14.2 Å². The van der Waals surface area contributed by atoms with E-state index in [-0.39, 0.29) is 0 Å². The number of nitrogens with two attached hydrogens (primary N) is 1. The van der Waals surface area contributed by atoms with Gasteiger partial charge in [0.15, 0.2) is 11.5 Å². The van der Waals surface area contributed by atoms with E-state index in [1.807, 2.05) is 25.1 Å². The van der Waals surface area contributed by atoms with Crippen molar-refractivity contribution in [1.29, 1.82) is 0 Å². The molecule has 0 aliphatic carbocycles. The van der Waals surface area contributed by atoms with Crippen LogP contribution >= 0.6 is 0 Å². The monoisotopic (exact) mass is 285 g/mol. The van der Waals surface area contributed by atoms with Crippen LogP contribution in [0.15, 0.2) is 42.5 Å². The minimum atomic E-state index is -0.423. The molecule has 3 heteroatoms. The number of aryl methyl sites for hydroxylation is 1. The van der Waals surface area contributed by atoms with Crippen LogP contribution in [-0.2, 0) is 12.0 Å². The molecule has 0 saturated heterocycles. The minimum absolute atomic E-state index is 0.423. The van der Waals surface area contributed by atoms with Gasteiger partial charge in [-0.05, 0) is 43.5 Å². The number of methoxy groups -OCH3 is 2. The molecule has 0 spiro atoms. The van der Waals surface area contributed by atoms with Crippen LogP contribution in [0.5, 0.6) is 11.5 Å². The van der Waals surface area contributed by atoms with Gasteiger partial charge in [-0.25, -0.2) is 0 Å². The molecule has 0 amide bonds. The van der Waals surface area contributed by atoms with E-state index in [2.05, 4.69) is 31.2 Å². The van der Waals surface area contributed by atoms with Gasteiger partial charge in [-0.2, -0.15) is 0 Å². The van der Waals surface area contributed by atoms with Gasteiger partial charge < -0.3 is 15.2 Å². The third-order valence-electron chi connectivity index (χ3n) is 3.73. The van der Waals surface area contributed by atoms with Crippen LogP contribution in [-0.4, -0.2) is 14.2 Å². The van der Waals surface area contributed by atoms with Gasteiger partial charge in [0.2, 0.25) is 0 Å². The maximum atomic E-state index is 6.51. The zero-order chi connectivity index (χ0) is 15.5. The third-order valence-corrected chi connectivity index (χ3v) is 3.73. The highest BCUT2D eigenvalue weighted by Gasteiger charge is 2.22. The molecule has 0 radical (unpaired) electrons. The zero-order valence-electron chi connectivity index (χ0n) is 13.1. The highest BCUT2D eigenvalue weighted by molar-refractivity contribution is 5.43. The second-order valence-electron chi connectivity index (χ2n) is 5.65. The first-order valence-electron chi connectivity index (χ1n) is 7.03. The molecule has 21 heavy (non-hydrogen) atoms. The summed E-state index contributed by atoms with van der Waals surface area (Å²) in [6.45, 7) is 4.13. The normalized spacial score (nSPS) is 13.6. The molecular weight excluding hydrogens is 262 g/mol. The van der Waals surface area contributed by atoms with Gasteiger partial charge in [-0.15, -0.1) is 0 Å². The number of rotatable bonds is 5. The number of ether oxygens (including phenoxy) is 2. The first-order valence-corrected chi connectivity index (χ1v) is 7.03. The van der Waals surface area contributed by atoms with Crippen LogP contribution < -0.4 is 15.2 Å². The van der Waals surface area contributed by atoms with E-state index < -0.39 is 5.54 Å². The van der Waals surface area contributed by atoms with Crippen molar-refractivity contribution in [2.45, 2.75) is 25.8 Å². The van der Waals surface area contributed by atoms with E-state index >= 15 is 0 Å². The van der Waals surface area contributed by atoms with Crippen LogP contribution in [0.4, 0.5) is 0 Å². The van der Waals surface area contributed by atoms with Gasteiger partial charge in [0.1, 0.15) is 0 Å². The average molecular weight is 285 g/mol. The fourth-order valence-electron chi connectivity index (χ4n) is 2.45. The summed E-state index contributed by atoms with van der Waals surface area (Å²) in [5, 5.41) is 0. The first-order chi connectivity index (χ1) is 9.96. The molecule has 2 aromatic carbocycles. The summed E-state index contributed by atoms with van der Waals surface area (Å²) in [5.41, 5.74) is 9.57. The molecule has 2 rings (SSSR count). The van der Waals surface area contributed by atoms with Crippen molar-refractivity contribution in [2.75, 3.05) is 14.2 Å². The van der Waals surface area contributed by atoms with Crippen LogP contribution in [0.2, 0.25) is 0 Å². The zero-order valence-corrected chi connectivity index (χ0v) is 13.1. The number of hydrogen-bond acceptors (Lipinski definition) is 3. The number of benzene rings is 2. The van der Waals surface area contributed by atoms with Crippen LogP contribution in [0, 0.1) is 6.92 Å². The summed E-state index contributed by atoms with van der Waals surface area (Å²) in [5.74, 6) is 1.46. The Morgan fingerprint density at radius 1 is 0.952 bits per heavy atom. The van der Waals surface area contributed by atoms with Crippen molar-refractivity contribution in [3.8, 4) is 11.5 Å². The van der Waals surface area contributed by atoms with Crippen LogP contribution in [0.25, 0.3) is 0 Å². The Morgan fingerprint density at radius 2 is 1.57 bits per heavy atom. The lowest BCUT2D eigenvalue weighted by Gasteiger charge is -2.26. The quantitative estimate of drug-likeness (QED) is 0.915. The molecule has 0 bridgehead atoms. The van der Waals surface area contributed by atoms with Crippen molar-refractivity contribution < 1.29 is 9.47 Å². The van der Waals surface area contributed by atoms with Crippen molar-refractivity contribution in [2.24, 2.45) is 5.73 Å². The van der Waals surface area contributed by atoms with Gasteiger partial charge in [0, 0.05) is 5.54 Å². The Balaban J connectivity index is 2.25. The molecule has 1 unspecified atom stereocenters. The van der Waals surface area contributed by atoms with Crippen LogP contribution in [0.1, 0.15) is 23.6 Å². The lowest BCUT2D eigenvalue weighted by atomic mass is 9.86. The van der Waals surface area contributed by atoms with Crippen molar-refractivity contribution in [1.82, 2.24) is 0 Å². The predicted molar refractivity (Wildman–Crippen MR) is 86.0 cm³/mol. The summed E-state index contributed by atoms with van der Waals surface area (Å²) < 4.78 is 10.6. The molecule has 2 aromatic rings. The molecule has 1 atom stereocenters. The van der Waals surface area contributed by atoms with E-state index in [0.717, 1.165) is 29.0 Å².